The third-order valence-electron chi connectivity index (χ3n) is 4.34. The van der Waals surface area contributed by atoms with E-state index in [1.54, 1.807) is 13.0 Å². The van der Waals surface area contributed by atoms with Crippen molar-refractivity contribution in [3.63, 3.8) is 0 Å². The van der Waals surface area contributed by atoms with Crippen LogP contribution in [0.15, 0.2) is 18.2 Å². The van der Waals surface area contributed by atoms with Crippen molar-refractivity contribution in [1.82, 2.24) is 5.32 Å². The van der Waals surface area contributed by atoms with Crippen molar-refractivity contribution in [2.75, 3.05) is 6.61 Å². The number of nitrogens with one attached hydrogen (secondary N) is 1. The molecular formula is C17H24FNO2. The second-order valence-electron chi connectivity index (χ2n) is 5.97. The number of carbonyl (C=O) groups excluding carboxylic acids is 1. The van der Waals surface area contributed by atoms with Crippen LogP contribution in [0, 0.1) is 18.7 Å². The fourth-order valence-corrected chi connectivity index (χ4v) is 3.15. The zero-order valence-corrected chi connectivity index (χ0v) is 12.6. The summed E-state index contributed by atoms with van der Waals surface area (Å²) < 4.78 is 13.9. The lowest BCUT2D eigenvalue weighted by Crippen LogP contribution is -2.42. The van der Waals surface area contributed by atoms with Crippen LogP contribution < -0.4 is 5.32 Å². The molecule has 1 aliphatic rings. The molecule has 0 spiro atoms. The maximum absolute atomic E-state index is 13.9. The molecule has 0 heterocycles. The van der Waals surface area contributed by atoms with Crippen molar-refractivity contribution < 1.29 is 14.3 Å². The molecule has 2 N–H and O–H groups in total. The smallest absolute Gasteiger partial charge is 0.254 e. The minimum atomic E-state index is -0.487. The van der Waals surface area contributed by atoms with Gasteiger partial charge in [0.15, 0.2) is 0 Å². The summed E-state index contributed by atoms with van der Waals surface area (Å²) in [5.41, 5.74) is 0.877. The standard InChI is InChI=1S/C17H24FNO2/c1-12-7-8-14(15(18)11-12)17(21)19-16(9-10-20)13-5-3-2-4-6-13/h7-8,11,13,16,20H,2-6,9-10H2,1H3,(H,19,21). The predicted molar refractivity (Wildman–Crippen MR) is 80.7 cm³/mol. The monoisotopic (exact) mass is 293 g/mol. The number of hydrogen-bond donors (Lipinski definition) is 2. The Balaban J connectivity index is 2.06. The average Bonchev–Trinajstić information content (AvgIpc) is 2.47. The first-order chi connectivity index (χ1) is 10.1. The normalized spacial score (nSPS) is 17.5. The molecule has 1 aromatic rings. The molecule has 1 amide bonds. The topological polar surface area (TPSA) is 49.3 Å². The molecule has 1 atom stereocenters. The number of amides is 1. The van der Waals surface area contributed by atoms with E-state index in [1.165, 1.54) is 31.4 Å². The first-order valence-electron chi connectivity index (χ1n) is 7.79. The first kappa shape index (κ1) is 16.0. The number of aryl methyl sites for hydroxylation is 1. The Morgan fingerprint density at radius 3 is 2.71 bits per heavy atom. The van der Waals surface area contributed by atoms with Crippen LogP contribution in [-0.4, -0.2) is 23.7 Å². The molecule has 0 aromatic heterocycles. The van der Waals surface area contributed by atoms with Gasteiger partial charge >= 0.3 is 0 Å². The molecule has 116 valence electrons. The van der Waals surface area contributed by atoms with Gasteiger partial charge in [0.2, 0.25) is 0 Å². The van der Waals surface area contributed by atoms with Crippen LogP contribution >= 0.6 is 0 Å². The van der Waals surface area contributed by atoms with Crippen molar-refractivity contribution in [2.45, 2.75) is 51.5 Å². The highest BCUT2D eigenvalue weighted by molar-refractivity contribution is 5.94. The van der Waals surface area contributed by atoms with Gasteiger partial charge in [0.25, 0.3) is 5.91 Å². The molecule has 0 saturated heterocycles. The minimum Gasteiger partial charge on any atom is -0.396 e. The van der Waals surface area contributed by atoms with E-state index in [1.807, 2.05) is 0 Å². The Morgan fingerprint density at radius 1 is 1.38 bits per heavy atom. The molecule has 4 heteroatoms. The summed E-state index contributed by atoms with van der Waals surface area (Å²) >= 11 is 0. The quantitative estimate of drug-likeness (QED) is 0.876. The summed E-state index contributed by atoms with van der Waals surface area (Å²) in [5.74, 6) is -0.473. The van der Waals surface area contributed by atoms with Crippen LogP contribution in [0.25, 0.3) is 0 Å². The number of benzene rings is 1. The number of aliphatic hydroxyl groups is 1. The van der Waals surface area contributed by atoms with Gasteiger partial charge in [-0.2, -0.15) is 0 Å². The van der Waals surface area contributed by atoms with E-state index in [0.29, 0.717) is 12.3 Å². The van der Waals surface area contributed by atoms with E-state index < -0.39 is 5.82 Å². The Hall–Kier alpha value is -1.42. The third kappa shape index (κ3) is 4.27. The summed E-state index contributed by atoms with van der Waals surface area (Å²) in [6.45, 7) is 1.83. The lowest BCUT2D eigenvalue weighted by atomic mass is 9.82. The molecule has 0 bridgehead atoms. The highest BCUT2D eigenvalue weighted by atomic mass is 19.1. The minimum absolute atomic E-state index is 0.0395. The molecule has 1 aliphatic carbocycles. The van der Waals surface area contributed by atoms with Gasteiger partial charge in [-0.3, -0.25) is 4.79 Å². The number of aliphatic hydroxyl groups excluding tert-OH is 1. The van der Waals surface area contributed by atoms with Crippen molar-refractivity contribution in [2.24, 2.45) is 5.92 Å². The van der Waals surface area contributed by atoms with Gasteiger partial charge in [-0.1, -0.05) is 25.3 Å². The van der Waals surface area contributed by atoms with Crippen LogP contribution in [-0.2, 0) is 0 Å². The largest absolute Gasteiger partial charge is 0.396 e. The second-order valence-corrected chi connectivity index (χ2v) is 5.97. The molecule has 21 heavy (non-hydrogen) atoms. The number of rotatable bonds is 5. The number of halogens is 1. The molecule has 1 aromatic carbocycles. The van der Waals surface area contributed by atoms with Crippen LogP contribution in [0.3, 0.4) is 0 Å². The predicted octanol–water partition coefficient (Wildman–Crippen LogP) is 3.20. The Kier molecular flexibility index (Phi) is 5.74. The number of hydrogen-bond acceptors (Lipinski definition) is 2. The maximum Gasteiger partial charge on any atom is 0.254 e. The molecule has 1 saturated carbocycles. The van der Waals surface area contributed by atoms with Gasteiger partial charge in [-0.05, 0) is 49.8 Å². The average molecular weight is 293 g/mol. The van der Waals surface area contributed by atoms with Gasteiger partial charge in [0.05, 0.1) is 5.56 Å². The lowest BCUT2D eigenvalue weighted by Gasteiger charge is -2.30. The van der Waals surface area contributed by atoms with Gasteiger partial charge in [-0.15, -0.1) is 0 Å². The van der Waals surface area contributed by atoms with Crippen LogP contribution in [0.4, 0.5) is 4.39 Å². The second kappa shape index (κ2) is 7.55. The summed E-state index contributed by atoms with van der Waals surface area (Å²) in [5, 5.41) is 12.1. The van der Waals surface area contributed by atoms with Crippen molar-refractivity contribution in [3.05, 3.63) is 35.1 Å². The van der Waals surface area contributed by atoms with Crippen LogP contribution in [0.2, 0.25) is 0 Å². The first-order valence-corrected chi connectivity index (χ1v) is 7.79. The van der Waals surface area contributed by atoms with Gasteiger partial charge < -0.3 is 10.4 Å². The maximum atomic E-state index is 13.9. The number of carbonyl (C=O) groups is 1. The van der Waals surface area contributed by atoms with E-state index in [-0.39, 0.29) is 24.1 Å². The fraction of sp³-hybridized carbons (Fsp3) is 0.588. The van der Waals surface area contributed by atoms with Gasteiger partial charge in [-0.25, -0.2) is 4.39 Å². The Labute approximate surface area is 125 Å². The molecular weight excluding hydrogens is 269 g/mol. The van der Waals surface area contributed by atoms with E-state index in [0.717, 1.165) is 18.4 Å². The van der Waals surface area contributed by atoms with Crippen molar-refractivity contribution in [3.8, 4) is 0 Å². The highest BCUT2D eigenvalue weighted by Crippen LogP contribution is 2.28. The van der Waals surface area contributed by atoms with Gasteiger partial charge in [0, 0.05) is 12.6 Å². The van der Waals surface area contributed by atoms with Gasteiger partial charge in [0.1, 0.15) is 5.82 Å². The summed E-state index contributed by atoms with van der Waals surface area (Å²) in [4.78, 5) is 12.3. The van der Waals surface area contributed by atoms with Crippen LogP contribution in [0.1, 0.15) is 54.4 Å². The Morgan fingerprint density at radius 2 is 2.10 bits per heavy atom. The SMILES string of the molecule is Cc1ccc(C(=O)NC(CCO)C2CCCCC2)c(F)c1. The lowest BCUT2D eigenvalue weighted by molar-refractivity contribution is 0.0895. The molecule has 0 aliphatic heterocycles. The van der Waals surface area contributed by atoms with Crippen molar-refractivity contribution in [1.29, 1.82) is 0 Å². The zero-order valence-electron chi connectivity index (χ0n) is 12.6. The van der Waals surface area contributed by atoms with E-state index in [4.69, 9.17) is 0 Å². The fourth-order valence-electron chi connectivity index (χ4n) is 3.15. The van der Waals surface area contributed by atoms with E-state index in [9.17, 15) is 14.3 Å². The molecule has 0 radical (unpaired) electrons. The van der Waals surface area contributed by atoms with E-state index in [2.05, 4.69) is 5.32 Å². The summed E-state index contributed by atoms with van der Waals surface area (Å²) in [6, 6.07) is 4.57. The molecule has 2 rings (SSSR count). The zero-order chi connectivity index (χ0) is 15.2. The summed E-state index contributed by atoms with van der Waals surface area (Å²) in [7, 11) is 0. The van der Waals surface area contributed by atoms with E-state index >= 15 is 0 Å². The summed E-state index contributed by atoms with van der Waals surface area (Å²) in [6.07, 6.45) is 6.25. The van der Waals surface area contributed by atoms with Crippen LogP contribution in [0.5, 0.6) is 0 Å². The van der Waals surface area contributed by atoms with Crippen molar-refractivity contribution >= 4 is 5.91 Å². The highest BCUT2D eigenvalue weighted by Gasteiger charge is 2.25. The molecule has 1 fully saturated rings. The molecule has 3 nitrogen and oxygen atoms in total. The Bertz CT molecular complexity index is 484. The molecule has 1 unspecified atom stereocenters. The third-order valence-corrected chi connectivity index (χ3v) is 4.34.